The first-order valence-corrected chi connectivity index (χ1v) is 6.23. The van der Waals surface area contributed by atoms with Crippen molar-refractivity contribution in [2.45, 2.75) is 13.5 Å². The minimum absolute atomic E-state index is 0.00224. The zero-order valence-corrected chi connectivity index (χ0v) is 9.46. The third-order valence-electron chi connectivity index (χ3n) is 1.97. The van der Waals surface area contributed by atoms with Gasteiger partial charge in [-0.05, 0) is 18.1 Å². The predicted octanol–water partition coefficient (Wildman–Crippen LogP) is 2.20. The van der Waals surface area contributed by atoms with Crippen LogP contribution in [0.25, 0.3) is 6.08 Å². The van der Waals surface area contributed by atoms with Gasteiger partial charge in [0.25, 0.3) is 10.1 Å². The minimum Gasteiger partial charge on any atom is -0.265 e. The van der Waals surface area contributed by atoms with Gasteiger partial charge < -0.3 is 0 Å². The molecule has 0 spiro atoms. The van der Waals surface area contributed by atoms with E-state index in [9.17, 15) is 8.42 Å². The zero-order valence-electron chi connectivity index (χ0n) is 8.64. The van der Waals surface area contributed by atoms with E-state index in [0.29, 0.717) is 0 Å². The second kappa shape index (κ2) is 5.09. The molecule has 0 aliphatic heterocycles. The van der Waals surface area contributed by atoms with Gasteiger partial charge in [-0.3, -0.25) is 4.18 Å². The van der Waals surface area contributed by atoms with Crippen molar-refractivity contribution in [3.05, 3.63) is 42.0 Å². The molecule has 0 bridgehead atoms. The lowest BCUT2D eigenvalue weighted by Crippen LogP contribution is -2.07. The molecule has 1 rings (SSSR count). The Morgan fingerprint density at radius 3 is 2.40 bits per heavy atom. The van der Waals surface area contributed by atoms with E-state index < -0.39 is 10.1 Å². The molecule has 0 saturated carbocycles. The van der Waals surface area contributed by atoms with Crippen LogP contribution in [0.3, 0.4) is 0 Å². The van der Waals surface area contributed by atoms with Gasteiger partial charge in [-0.2, -0.15) is 8.42 Å². The van der Waals surface area contributed by atoms with Gasteiger partial charge in [-0.15, -0.1) is 0 Å². The average molecular weight is 226 g/mol. The van der Waals surface area contributed by atoms with Crippen molar-refractivity contribution >= 4 is 16.2 Å². The summed E-state index contributed by atoms with van der Waals surface area (Å²) in [4.78, 5) is 0. The van der Waals surface area contributed by atoms with Crippen LogP contribution in [0.1, 0.15) is 18.1 Å². The highest BCUT2D eigenvalue weighted by molar-refractivity contribution is 7.86. The van der Waals surface area contributed by atoms with Crippen molar-refractivity contribution < 1.29 is 12.6 Å². The summed E-state index contributed by atoms with van der Waals surface area (Å²) in [5, 5.41) is 0. The molecular weight excluding hydrogens is 212 g/mol. The Morgan fingerprint density at radius 1 is 1.33 bits per heavy atom. The molecule has 3 nitrogen and oxygen atoms in total. The van der Waals surface area contributed by atoms with E-state index in [0.717, 1.165) is 11.1 Å². The number of hydrogen-bond donors (Lipinski definition) is 0. The van der Waals surface area contributed by atoms with Crippen molar-refractivity contribution in [2.75, 3.05) is 5.75 Å². The normalized spacial score (nSPS) is 11.3. The van der Waals surface area contributed by atoms with E-state index in [4.69, 9.17) is 4.18 Å². The molecule has 0 atom stereocenters. The molecule has 15 heavy (non-hydrogen) atoms. The van der Waals surface area contributed by atoms with E-state index in [1.54, 1.807) is 13.0 Å². The molecule has 0 heterocycles. The fraction of sp³-hybridized carbons (Fsp3) is 0.273. The largest absolute Gasteiger partial charge is 0.267 e. The smallest absolute Gasteiger partial charge is 0.265 e. The van der Waals surface area contributed by atoms with E-state index in [1.807, 2.05) is 24.3 Å². The maximum absolute atomic E-state index is 11.1. The first kappa shape index (κ1) is 11.9. The Bertz CT molecular complexity index is 418. The SMILES string of the molecule is C=Cc1ccc(COS(=O)(=O)CC)cc1. The van der Waals surface area contributed by atoms with Crippen LogP contribution in [0.5, 0.6) is 0 Å². The summed E-state index contributed by atoms with van der Waals surface area (Å²) in [6, 6.07) is 7.37. The lowest BCUT2D eigenvalue weighted by atomic mass is 10.1. The van der Waals surface area contributed by atoms with Crippen molar-refractivity contribution in [1.29, 1.82) is 0 Å². The Kier molecular flexibility index (Phi) is 4.05. The summed E-state index contributed by atoms with van der Waals surface area (Å²) in [7, 11) is -3.35. The van der Waals surface area contributed by atoms with Gasteiger partial charge in [0.2, 0.25) is 0 Å². The van der Waals surface area contributed by atoms with Crippen molar-refractivity contribution in [1.82, 2.24) is 0 Å². The lowest BCUT2D eigenvalue weighted by Gasteiger charge is -2.03. The zero-order chi connectivity index (χ0) is 11.3. The second-order valence-corrected chi connectivity index (χ2v) is 4.98. The third kappa shape index (κ3) is 3.85. The molecule has 1 aromatic carbocycles. The van der Waals surface area contributed by atoms with Crippen LogP contribution >= 0.6 is 0 Å². The minimum atomic E-state index is -3.35. The van der Waals surface area contributed by atoms with Gasteiger partial charge in [0.05, 0.1) is 12.4 Å². The molecule has 0 radical (unpaired) electrons. The Labute approximate surface area is 90.5 Å². The summed E-state index contributed by atoms with van der Waals surface area (Å²) in [5.74, 6) is -0.00224. The second-order valence-electron chi connectivity index (χ2n) is 3.05. The van der Waals surface area contributed by atoms with E-state index in [1.165, 1.54) is 0 Å². The van der Waals surface area contributed by atoms with Crippen LogP contribution < -0.4 is 0 Å². The number of benzene rings is 1. The molecule has 0 saturated heterocycles. The highest BCUT2D eigenvalue weighted by Crippen LogP contribution is 2.08. The Balaban J connectivity index is 2.62. The Morgan fingerprint density at radius 2 is 1.93 bits per heavy atom. The molecule has 0 fully saturated rings. The molecule has 0 amide bonds. The van der Waals surface area contributed by atoms with E-state index in [2.05, 4.69) is 6.58 Å². The summed E-state index contributed by atoms with van der Waals surface area (Å²) in [5.41, 5.74) is 1.83. The summed E-state index contributed by atoms with van der Waals surface area (Å²) in [6.45, 7) is 5.27. The molecule has 0 aliphatic carbocycles. The van der Waals surface area contributed by atoms with E-state index >= 15 is 0 Å². The van der Waals surface area contributed by atoms with Crippen LogP contribution in [0.2, 0.25) is 0 Å². The fourth-order valence-electron chi connectivity index (χ4n) is 0.991. The standard InChI is InChI=1S/C11H14O3S/c1-3-10-5-7-11(8-6-10)9-14-15(12,13)4-2/h3,5-8H,1,4,9H2,2H3. The predicted molar refractivity (Wildman–Crippen MR) is 60.8 cm³/mol. The van der Waals surface area contributed by atoms with Crippen molar-refractivity contribution in [3.63, 3.8) is 0 Å². The Hall–Kier alpha value is -1.13. The molecular formula is C11H14O3S. The summed E-state index contributed by atoms with van der Waals surface area (Å²) in [6.07, 6.45) is 1.73. The number of rotatable bonds is 5. The molecule has 0 unspecified atom stereocenters. The van der Waals surface area contributed by atoms with Gasteiger partial charge in [0, 0.05) is 0 Å². The van der Waals surface area contributed by atoms with Crippen LogP contribution in [-0.4, -0.2) is 14.2 Å². The fourth-order valence-corrected chi connectivity index (χ4v) is 1.47. The van der Waals surface area contributed by atoms with Gasteiger partial charge >= 0.3 is 0 Å². The summed E-state index contributed by atoms with van der Waals surface area (Å²) >= 11 is 0. The first-order chi connectivity index (χ1) is 7.07. The molecule has 4 heteroatoms. The van der Waals surface area contributed by atoms with Crippen molar-refractivity contribution in [3.8, 4) is 0 Å². The highest BCUT2D eigenvalue weighted by atomic mass is 32.2. The lowest BCUT2D eigenvalue weighted by molar-refractivity contribution is 0.309. The van der Waals surface area contributed by atoms with Gasteiger partial charge in [-0.25, -0.2) is 0 Å². The average Bonchev–Trinajstić information content (AvgIpc) is 2.27. The maximum Gasteiger partial charge on any atom is 0.267 e. The topological polar surface area (TPSA) is 43.4 Å². The molecule has 0 N–H and O–H groups in total. The molecule has 1 aromatic rings. The first-order valence-electron chi connectivity index (χ1n) is 4.66. The molecule has 0 aromatic heterocycles. The highest BCUT2D eigenvalue weighted by Gasteiger charge is 2.06. The van der Waals surface area contributed by atoms with Gasteiger partial charge in [0.15, 0.2) is 0 Å². The quantitative estimate of drug-likeness (QED) is 0.723. The van der Waals surface area contributed by atoms with Crippen LogP contribution in [-0.2, 0) is 20.9 Å². The molecule has 82 valence electrons. The van der Waals surface area contributed by atoms with Crippen LogP contribution in [0.4, 0.5) is 0 Å². The monoisotopic (exact) mass is 226 g/mol. The van der Waals surface area contributed by atoms with E-state index in [-0.39, 0.29) is 12.4 Å². The molecule has 0 aliphatic rings. The summed E-state index contributed by atoms with van der Waals surface area (Å²) < 4.78 is 26.9. The third-order valence-corrected chi connectivity index (χ3v) is 3.16. The van der Waals surface area contributed by atoms with Crippen molar-refractivity contribution in [2.24, 2.45) is 0 Å². The number of hydrogen-bond acceptors (Lipinski definition) is 3. The van der Waals surface area contributed by atoms with Gasteiger partial charge in [-0.1, -0.05) is 36.9 Å². The maximum atomic E-state index is 11.1. The van der Waals surface area contributed by atoms with Crippen LogP contribution in [0, 0.1) is 0 Å². The van der Waals surface area contributed by atoms with Gasteiger partial charge in [0.1, 0.15) is 0 Å². The van der Waals surface area contributed by atoms with Crippen LogP contribution in [0.15, 0.2) is 30.8 Å².